The molecule has 7 heteroatoms. The van der Waals surface area contributed by atoms with E-state index in [0.717, 1.165) is 12.8 Å². The minimum absolute atomic E-state index is 0.0359. The largest absolute Gasteiger partial charge is 0.473 e. The highest BCUT2D eigenvalue weighted by molar-refractivity contribution is 8.06. The smallest absolute Gasteiger partial charge is 0.324 e. The summed E-state index contributed by atoms with van der Waals surface area (Å²) in [4.78, 5) is 18.4. The van der Waals surface area contributed by atoms with Crippen molar-refractivity contribution in [2.75, 3.05) is 6.79 Å². The average molecular weight is 340 g/mol. The van der Waals surface area contributed by atoms with Crippen LogP contribution in [0.2, 0.25) is 0 Å². The minimum Gasteiger partial charge on any atom is -0.473 e. The molecule has 2 N–H and O–H groups in total. The van der Waals surface area contributed by atoms with E-state index in [1.165, 1.54) is 32.1 Å². The van der Waals surface area contributed by atoms with Gasteiger partial charge in [0.05, 0.1) is 5.76 Å². The second-order valence-electron chi connectivity index (χ2n) is 5.07. The van der Waals surface area contributed by atoms with Gasteiger partial charge < -0.3 is 19.3 Å². The van der Waals surface area contributed by atoms with Crippen LogP contribution in [0.15, 0.2) is 12.3 Å². The molecule has 21 heavy (non-hydrogen) atoms. The van der Waals surface area contributed by atoms with Crippen LogP contribution >= 0.6 is 6.72 Å². The van der Waals surface area contributed by atoms with Crippen molar-refractivity contribution in [1.29, 1.82) is 0 Å². The van der Waals surface area contributed by atoms with Crippen molar-refractivity contribution in [2.24, 2.45) is 0 Å². The van der Waals surface area contributed by atoms with Crippen LogP contribution in [-0.2, 0) is 25.8 Å². The summed E-state index contributed by atoms with van der Waals surface area (Å²) in [5.41, 5.74) is 0. The van der Waals surface area contributed by atoms with Crippen LogP contribution in [0, 0.1) is 0 Å². The third-order valence-electron chi connectivity index (χ3n) is 2.86. The SMILES string of the molecule is C=C(C)OCOC(CCCCCCCCC)OP(O)(O)=S. The summed E-state index contributed by atoms with van der Waals surface area (Å²) in [6, 6.07) is 0. The Morgan fingerprint density at radius 2 is 1.71 bits per heavy atom. The molecule has 0 aromatic rings. The molecular formula is C14H29O5PS. The van der Waals surface area contributed by atoms with Crippen molar-refractivity contribution in [3.05, 3.63) is 12.3 Å². The topological polar surface area (TPSA) is 68.2 Å². The summed E-state index contributed by atoms with van der Waals surface area (Å²) in [5, 5.41) is 0. The Labute approximate surface area is 133 Å². The fourth-order valence-corrected chi connectivity index (χ4v) is 2.56. The van der Waals surface area contributed by atoms with Gasteiger partial charge in [0, 0.05) is 0 Å². The van der Waals surface area contributed by atoms with Crippen LogP contribution in [0.25, 0.3) is 0 Å². The van der Waals surface area contributed by atoms with E-state index in [-0.39, 0.29) is 6.79 Å². The highest BCUT2D eigenvalue weighted by Gasteiger charge is 2.18. The molecule has 0 aromatic heterocycles. The molecular weight excluding hydrogens is 311 g/mol. The Morgan fingerprint density at radius 3 is 2.24 bits per heavy atom. The summed E-state index contributed by atoms with van der Waals surface area (Å²) in [6.45, 7) is 3.72. The Balaban J connectivity index is 3.87. The van der Waals surface area contributed by atoms with Gasteiger partial charge in [0.15, 0.2) is 13.1 Å². The van der Waals surface area contributed by atoms with Gasteiger partial charge in [0.25, 0.3) is 0 Å². The van der Waals surface area contributed by atoms with E-state index < -0.39 is 13.0 Å². The molecule has 0 saturated heterocycles. The number of rotatable bonds is 14. The summed E-state index contributed by atoms with van der Waals surface area (Å²) in [7, 11) is 0. The molecule has 0 aromatic carbocycles. The first kappa shape index (κ1) is 21.0. The van der Waals surface area contributed by atoms with E-state index in [0.29, 0.717) is 12.2 Å². The van der Waals surface area contributed by atoms with Gasteiger partial charge in [-0.3, -0.25) is 4.52 Å². The summed E-state index contributed by atoms with van der Waals surface area (Å²) in [5.74, 6) is 0.525. The molecule has 0 rings (SSSR count). The van der Waals surface area contributed by atoms with Crippen molar-refractivity contribution in [2.45, 2.75) is 71.5 Å². The molecule has 0 aliphatic heterocycles. The third-order valence-corrected chi connectivity index (χ3v) is 3.63. The van der Waals surface area contributed by atoms with E-state index in [2.05, 4.69) is 25.3 Å². The number of hydrogen-bond acceptors (Lipinski definition) is 4. The molecule has 0 bridgehead atoms. The molecule has 0 fully saturated rings. The van der Waals surface area contributed by atoms with Crippen molar-refractivity contribution < 1.29 is 23.8 Å². The maximum atomic E-state index is 9.22. The van der Waals surface area contributed by atoms with Gasteiger partial charge in [-0.2, -0.15) is 0 Å². The van der Waals surface area contributed by atoms with E-state index in [4.69, 9.17) is 14.0 Å². The summed E-state index contributed by atoms with van der Waals surface area (Å²) < 4.78 is 15.4. The van der Waals surface area contributed by atoms with Crippen LogP contribution in [-0.4, -0.2) is 22.9 Å². The average Bonchev–Trinajstić information content (AvgIpc) is 2.35. The zero-order valence-corrected chi connectivity index (χ0v) is 14.8. The first-order valence-corrected chi connectivity index (χ1v) is 10.1. The molecule has 0 saturated carbocycles. The molecule has 1 unspecified atom stereocenters. The van der Waals surface area contributed by atoms with Gasteiger partial charge in [-0.15, -0.1) is 0 Å². The van der Waals surface area contributed by atoms with Gasteiger partial charge >= 0.3 is 6.72 Å². The Hall–Kier alpha value is 0.0300. The second kappa shape index (κ2) is 12.6. The van der Waals surface area contributed by atoms with Crippen LogP contribution in [0.5, 0.6) is 0 Å². The summed E-state index contributed by atoms with van der Waals surface area (Å²) >= 11 is 4.47. The fraction of sp³-hybridized carbons (Fsp3) is 0.857. The van der Waals surface area contributed by atoms with E-state index in [1.54, 1.807) is 6.92 Å². The highest BCUT2D eigenvalue weighted by Crippen LogP contribution is 2.39. The lowest BCUT2D eigenvalue weighted by atomic mass is 10.1. The van der Waals surface area contributed by atoms with Crippen molar-refractivity contribution in [3.8, 4) is 0 Å². The molecule has 0 spiro atoms. The number of hydrogen-bond donors (Lipinski definition) is 2. The van der Waals surface area contributed by atoms with Crippen LogP contribution in [0.4, 0.5) is 0 Å². The van der Waals surface area contributed by atoms with E-state index >= 15 is 0 Å². The van der Waals surface area contributed by atoms with Gasteiger partial charge in [-0.25, -0.2) is 0 Å². The Kier molecular flexibility index (Phi) is 12.6. The maximum absolute atomic E-state index is 9.22. The standard InChI is InChI=1S/C14H29O5PS/c1-4-5-6-7-8-9-10-11-14(19-20(15,16)21)18-12-17-13(2)3/h14H,2,4-12H2,1,3H3,(H2,15,16,21). The van der Waals surface area contributed by atoms with E-state index in [9.17, 15) is 9.79 Å². The molecule has 0 aliphatic carbocycles. The highest BCUT2D eigenvalue weighted by atomic mass is 32.5. The number of ether oxygens (including phenoxy) is 2. The third kappa shape index (κ3) is 16.2. The van der Waals surface area contributed by atoms with Crippen molar-refractivity contribution in [3.63, 3.8) is 0 Å². The van der Waals surface area contributed by atoms with Crippen molar-refractivity contribution >= 4 is 18.5 Å². The molecule has 5 nitrogen and oxygen atoms in total. The first-order valence-electron chi connectivity index (χ1n) is 7.49. The van der Waals surface area contributed by atoms with Gasteiger partial charge in [-0.1, -0.05) is 52.0 Å². The van der Waals surface area contributed by atoms with Crippen LogP contribution in [0.1, 0.15) is 65.2 Å². The fourth-order valence-electron chi connectivity index (χ4n) is 1.80. The molecule has 1 atom stereocenters. The van der Waals surface area contributed by atoms with Crippen LogP contribution in [0.3, 0.4) is 0 Å². The minimum atomic E-state index is -3.73. The Morgan fingerprint density at radius 1 is 1.14 bits per heavy atom. The quantitative estimate of drug-likeness (QED) is 0.214. The van der Waals surface area contributed by atoms with Gasteiger partial charge in [-0.05, 0) is 31.6 Å². The predicted molar refractivity (Wildman–Crippen MR) is 88.1 cm³/mol. The number of unbranched alkanes of at least 4 members (excludes halogenated alkanes) is 6. The first-order chi connectivity index (χ1) is 9.85. The van der Waals surface area contributed by atoms with Gasteiger partial charge in [0.1, 0.15) is 0 Å². The molecule has 0 radical (unpaired) electrons. The molecule has 0 aliphatic rings. The zero-order chi connectivity index (χ0) is 16.1. The lowest BCUT2D eigenvalue weighted by Gasteiger charge is -2.20. The van der Waals surface area contributed by atoms with E-state index in [1.807, 2.05) is 0 Å². The predicted octanol–water partition coefficient (Wildman–Crippen LogP) is 4.20. The molecule has 126 valence electrons. The molecule has 0 heterocycles. The normalized spacial score (nSPS) is 13.1. The lowest BCUT2D eigenvalue weighted by molar-refractivity contribution is -0.149. The summed E-state index contributed by atoms with van der Waals surface area (Å²) in [6.07, 6.45) is 7.96. The van der Waals surface area contributed by atoms with Crippen LogP contribution < -0.4 is 0 Å². The Bertz CT molecular complexity index is 318. The van der Waals surface area contributed by atoms with Gasteiger partial charge in [0.2, 0.25) is 0 Å². The maximum Gasteiger partial charge on any atom is 0.324 e. The zero-order valence-electron chi connectivity index (χ0n) is 13.1. The lowest BCUT2D eigenvalue weighted by Crippen LogP contribution is -2.17. The van der Waals surface area contributed by atoms with Crippen molar-refractivity contribution in [1.82, 2.24) is 0 Å². The number of allylic oxidation sites excluding steroid dienone is 1. The molecule has 0 amide bonds. The second-order valence-corrected chi connectivity index (χ2v) is 7.69. The monoisotopic (exact) mass is 340 g/mol.